The van der Waals surface area contributed by atoms with E-state index in [1.54, 1.807) is 22.3 Å². The van der Waals surface area contributed by atoms with E-state index in [0.29, 0.717) is 12.2 Å². The highest BCUT2D eigenvalue weighted by molar-refractivity contribution is 7.13. The fourth-order valence-electron chi connectivity index (χ4n) is 2.40. The third-order valence-electron chi connectivity index (χ3n) is 3.54. The molecule has 9 heteroatoms. The molecule has 0 radical (unpaired) electrons. The number of hydrogen-bond donors (Lipinski definition) is 2. The Morgan fingerprint density at radius 2 is 2.26 bits per heavy atom. The summed E-state index contributed by atoms with van der Waals surface area (Å²) in [5.41, 5.74) is 2.23. The van der Waals surface area contributed by atoms with Gasteiger partial charge in [0.15, 0.2) is 0 Å². The van der Waals surface area contributed by atoms with Crippen LogP contribution in [-0.2, 0) is 6.54 Å². The van der Waals surface area contributed by atoms with Crippen molar-refractivity contribution in [3.05, 3.63) is 34.2 Å². The molecular weight excluding hydrogens is 316 g/mol. The maximum Gasteiger partial charge on any atom is 0.319 e. The molecule has 1 aliphatic rings. The molecule has 0 unspecified atom stereocenters. The number of aromatic nitrogens is 3. The van der Waals surface area contributed by atoms with Crippen molar-refractivity contribution >= 4 is 28.2 Å². The fourth-order valence-corrected chi connectivity index (χ4v) is 2.99. The Morgan fingerprint density at radius 1 is 1.43 bits per heavy atom. The van der Waals surface area contributed by atoms with Crippen LogP contribution in [0.5, 0.6) is 0 Å². The van der Waals surface area contributed by atoms with Crippen LogP contribution in [0.25, 0.3) is 0 Å². The fraction of sp³-hybridized carbons (Fsp3) is 0.429. The number of urea groups is 1. The van der Waals surface area contributed by atoms with Crippen LogP contribution >= 0.6 is 11.3 Å². The molecule has 1 fully saturated rings. The highest BCUT2D eigenvalue weighted by Gasteiger charge is 2.29. The van der Waals surface area contributed by atoms with Crippen molar-refractivity contribution in [2.75, 3.05) is 23.3 Å². The van der Waals surface area contributed by atoms with Gasteiger partial charge in [0.25, 0.3) is 5.56 Å². The molecule has 0 bridgehead atoms. The van der Waals surface area contributed by atoms with Crippen LogP contribution in [0.2, 0.25) is 0 Å². The van der Waals surface area contributed by atoms with Gasteiger partial charge in [-0.25, -0.2) is 4.79 Å². The van der Waals surface area contributed by atoms with Gasteiger partial charge < -0.3 is 20.1 Å². The van der Waals surface area contributed by atoms with E-state index < -0.39 is 0 Å². The van der Waals surface area contributed by atoms with Crippen molar-refractivity contribution in [1.82, 2.24) is 20.1 Å². The Bertz CT molecular complexity index is 723. The first-order valence-electron chi connectivity index (χ1n) is 7.45. The van der Waals surface area contributed by atoms with E-state index in [0.717, 1.165) is 24.6 Å². The SMILES string of the molecule is CCCn1cc(NC(=O)NC2CN(c3nncs3)C2)ccc1=O. The van der Waals surface area contributed by atoms with Crippen LogP contribution in [0.3, 0.4) is 0 Å². The molecule has 3 heterocycles. The molecule has 0 atom stereocenters. The minimum absolute atomic E-state index is 0.0653. The molecular formula is C14H18N6O2S. The number of anilines is 2. The van der Waals surface area contributed by atoms with Crippen molar-refractivity contribution in [2.45, 2.75) is 25.9 Å². The molecule has 0 saturated carbocycles. The summed E-state index contributed by atoms with van der Waals surface area (Å²) in [5.74, 6) is 0. The maximum absolute atomic E-state index is 12.0. The number of hydrogen-bond acceptors (Lipinski definition) is 6. The first kappa shape index (κ1) is 15.5. The van der Waals surface area contributed by atoms with E-state index in [-0.39, 0.29) is 17.6 Å². The lowest BCUT2D eigenvalue weighted by atomic mass is 10.1. The molecule has 2 amide bonds. The Labute approximate surface area is 137 Å². The minimum Gasteiger partial charge on any atom is -0.342 e. The van der Waals surface area contributed by atoms with Gasteiger partial charge in [0.2, 0.25) is 5.13 Å². The second kappa shape index (κ2) is 6.78. The second-order valence-corrected chi connectivity index (χ2v) is 6.18. The van der Waals surface area contributed by atoms with Crippen LogP contribution in [0.15, 0.2) is 28.6 Å². The number of carbonyl (C=O) groups excluding carboxylic acids is 1. The third kappa shape index (κ3) is 3.67. The molecule has 1 aliphatic heterocycles. The Morgan fingerprint density at radius 3 is 2.96 bits per heavy atom. The molecule has 8 nitrogen and oxygen atoms in total. The molecule has 2 aromatic heterocycles. The van der Waals surface area contributed by atoms with Gasteiger partial charge in [-0.15, -0.1) is 10.2 Å². The number of nitrogens with one attached hydrogen (secondary N) is 2. The standard InChI is InChI=1S/C14H18N6O2S/c1-2-5-19-6-10(3-4-12(19)21)16-13(22)17-11-7-20(8-11)14-18-15-9-23-14/h3-4,6,9,11H,2,5,7-8H2,1H3,(H2,16,17,22). The summed E-state index contributed by atoms with van der Waals surface area (Å²) in [7, 11) is 0. The zero-order chi connectivity index (χ0) is 16.2. The zero-order valence-corrected chi connectivity index (χ0v) is 13.5. The summed E-state index contributed by atoms with van der Waals surface area (Å²) in [6.45, 7) is 4.07. The Hall–Kier alpha value is -2.42. The van der Waals surface area contributed by atoms with Gasteiger partial charge in [0.1, 0.15) is 5.51 Å². The largest absolute Gasteiger partial charge is 0.342 e. The summed E-state index contributed by atoms with van der Waals surface area (Å²) in [6.07, 6.45) is 2.53. The average Bonchev–Trinajstić information content (AvgIpc) is 3.00. The second-order valence-electron chi connectivity index (χ2n) is 5.37. The molecule has 2 N–H and O–H groups in total. The van der Waals surface area contributed by atoms with E-state index in [1.807, 2.05) is 6.92 Å². The number of rotatable bonds is 5. The summed E-state index contributed by atoms with van der Waals surface area (Å²) in [5, 5.41) is 14.3. The molecule has 23 heavy (non-hydrogen) atoms. The Balaban J connectivity index is 1.50. The summed E-state index contributed by atoms with van der Waals surface area (Å²) in [4.78, 5) is 25.7. The number of aryl methyl sites for hydroxylation is 1. The van der Waals surface area contributed by atoms with Crippen LogP contribution in [0, 0.1) is 0 Å². The first-order chi connectivity index (χ1) is 11.2. The van der Waals surface area contributed by atoms with Gasteiger partial charge in [-0.2, -0.15) is 0 Å². The predicted octanol–water partition coefficient (Wildman–Crippen LogP) is 1.12. The van der Waals surface area contributed by atoms with Crippen LogP contribution in [0.1, 0.15) is 13.3 Å². The van der Waals surface area contributed by atoms with E-state index in [9.17, 15) is 9.59 Å². The lowest BCUT2D eigenvalue weighted by Gasteiger charge is -2.38. The lowest BCUT2D eigenvalue weighted by molar-refractivity contribution is 0.245. The third-order valence-corrected chi connectivity index (χ3v) is 4.29. The molecule has 0 aromatic carbocycles. The monoisotopic (exact) mass is 334 g/mol. The van der Waals surface area contributed by atoms with Crippen molar-refractivity contribution in [3.8, 4) is 0 Å². The van der Waals surface area contributed by atoms with Crippen molar-refractivity contribution in [2.24, 2.45) is 0 Å². The minimum atomic E-state index is -0.270. The maximum atomic E-state index is 12.0. The smallest absolute Gasteiger partial charge is 0.319 e. The van der Waals surface area contributed by atoms with Gasteiger partial charge in [-0.1, -0.05) is 18.3 Å². The highest BCUT2D eigenvalue weighted by atomic mass is 32.1. The quantitative estimate of drug-likeness (QED) is 0.855. The number of amides is 2. The van der Waals surface area contributed by atoms with Gasteiger partial charge in [0, 0.05) is 31.9 Å². The van der Waals surface area contributed by atoms with E-state index in [4.69, 9.17) is 0 Å². The first-order valence-corrected chi connectivity index (χ1v) is 8.33. The zero-order valence-electron chi connectivity index (χ0n) is 12.7. The summed E-state index contributed by atoms with van der Waals surface area (Å²) < 4.78 is 1.59. The summed E-state index contributed by atoms with van der Waals surface area (Å²) >= 11 is 1.48. The number of nitrogens with zero attached hydrogens (tertiary/aromatic N) is 4. The molecule has 1 saturated heterocycles. The van der Waals surface area contributed by atoms with Crippen molar-refractivity contribution < 1.29 is 4.79 Å². The number of carbonyl (C=O) groups is 1. The van der Waals surface area contributed by atoms with Crippen LogP contribution in [-0.4, -0.2) is 39.9 Å². The molecule has 0 aliphatic carbocycles. The van der Waals surface area contributed by atoms with Gasteiger partial charge >= 0.3 is 6.03 Å². The van der Waals surface area contributed by atoms with Crippen molar-refractivity contribution in [1.29, 1.82) is 0 Å². The average molecular weight is 334 g/mol. The van der Waals surface area contributed by atoms with E-state index in [2.05, 4.69) is 25.7 Å². The molecule has 122 valence electrons. The van der Waals surface area contributed by atoms with Crippen LogP contribution < -0.4 is 21.1 Å². The molecule has 3 rings (SSSR count). The topological polar surface area (TPSA) is 92.2 Å². The van der Waals surface area contributed by atoms with Gasteiger partial charge in [-0.3, -0.25) is 4.79 Å². The summed E-state index contributed by atoms with van der Waals surface area (Å²) in [6, 6.07) is 2.89. The van der Waals surface area contributed by atoms with Crippen molar-refractivity contribution in [3.63, 3.8) is 0 Å². The van der Waals surface area contributed by atoms with E-state index in [1.165, 1.54) is 17.4 Å². The number of pyridine rings is 1. The normalized spacial score (nSPS) is 14.4. The van der Waals surface area contributed by atoms with Gasteiger partial charge in [-0.05, 0) is 12.5 Å². The highest BCUT2D eigenvalue weighted by Crippen LogP contribution is 2.21. The molecule has 2 aromatic rings. The van der Waals surface area contributed by atoms with Crippen LogP contribution in [0.4, 0.5) is 15.6 Å². The predicted molar refractivity (Wildman–Crippen MR) is 89.1 cm³/mol. The Kier molecular flexibility index (Phi) is 4.56. The lowest BCUT2D eigenvalue weighted by Crippen LogP contribution is -2.60. The van der Waals surface area contributed by atoms with Gasteiger partial charge in [0.05, 0.1) is 11.7 Å². The molecule has 0 spiro atoms. The van der Waals surface area contributed by atoms with E-state index >= 15 is 0 Å².